The van der Waals surface area contributed by atoms with Gasteiger partial charge in [0.05, 0.1) is 24.7 Å². The Labute approximate surface area is 110 Å². The minimum absolute atomic E-state index is 0.122. The number of carbonyl (C=O) groups is 2. The summed E-state index contributed by atoms with van der Waals surface area (Å²) in [5.74, 6) is 0.0722. The fourth-order valence-corrected chi connectivity index (χ4v) is 1.72. The van der Waals surface area contributed by atoms with Gasteiger partial charge in [-0.05, 0) is 20.8 Å². The minimum atomic E-state index is -0.692. The standard InChI is InChI=1S/C11H17N5O3/c1-6-9(18)13-7(17)4-16(6)5-8-14-10(15-19-8)11(2,3)12/h6H,4-5,12H2,1-3H3,(H,13,17,18). The number of amides is 2. The number of nitrogens with one attached hydrogen (secondary N) is 1. The van der Waals surface area contributed by atoms with E-state index < -0.39 is 11.6 Å². The van der Waals surface area contributed by atoms with Gasteiger partial charge in [0.2, 0.25) is 17.7 Å². The van der Waals surface area contributed by atoms with Crippen molar-refractivity contribution in [3.8, 4) is 0 Å². The highest BCUT2D eigenvalue weighted by Gasteiger charge is 2.31. The molecule has 1 fully saturated rings. The third kappa shape index (κ3) is 2.96. The average molecular weight is 267 g/mol. The summed E-state index contributed by atoms with van der Waals surface area (Å²) in [6.07, 6.45) is 0. The average Bonchev–Trinajstić information content (AvgIpc) is 2.73. The molecule has 19 heavy (non-hydrogen) atoms. The van der Waals surface area contributed by atoms with Crippen molar-refractivity contribution in [2.45, 2.75) is 38.9 Å². The van der Waals surface area contributed by atoms with Gasteiger partial charge in [0, 0.05) is 0 Å². The van der Waals surface area contributed by atoms with Gasteiger partial charge in [0.1, 0.15) is 0 Å². The second-order valence-corrected chi connectivity index (χ2v) is 5.23. The lowest BCUT2D eigenvalue weighted by Crippen LogP contribution is -2.56. The number of hydrogen-bond acceptors (Lipinski definition) is 7. The number of nitrogens with zero attached hydrogens (tertiary/aromatic N) is 3. The van der Waals surface area contributed by atoms with Crippen molar-refractivity contribution in [1.29, 1.82) is 0 Å². The lowest BCUT2D eigenvalue weighted by atomic mass is 10.1. The Bertz CT molecular complexity index is 505. The molecule has 0 aliphatic carbocycles. The van der Waals surface area contributed by atoms with Crippen LogP contribution >= 0.6 is 0 Å². The minimum Gasteiger partial charge on any atom is -0.338 e. The van der Waals surface area contributed by atoms with Crippen LogP contribution in [0.15, 0.2) is 4.52 Å². The number of imide groups is 1. The third-order valence-electron chi connectivity index (χ3n) is 2.92. The van der Waals surface area contributed by atoms with E-state index in [1.165, 1.54) is 0 Å². The molecule has 1 atom stereocenters. The summed E-state index contributed by atoms with van der Waals surface area (Å²) >= 11 is 0. The molecule has 8 nitrogen and oxygen atoms in total. The van der Waals surface area contributed by atoms with Crippen molar-refractivity contribution in [3.05, 3.63) is 11.7 Å². The number of hydrogen-bond donors (Lipinski definition) is 2. The number of carbonyl (C=O) groups excluding carboxylic acids is 2. The fourth-order valence-electron chi connectivity index (χ4n) is 1.72. The third-order valence-corrected chi connectivity index (χ3v) is 2.92. The highest BCUT2D eigenvalue weighted by Crippen LogP contribution is 2.15. The zero-order chi connectivity index (χ0) is 14.2. The maximum Gasteiger partial charge on any atom is 0.243 e. The highest BCUT2D eigenvalue weighted by atomic mass is 16.5. The van der Waals surface area contributed by atoms with Crippen molar-refractivity contribution in [2.75, 3.05) is 6.54 Å². The van der Waals surface area contributed by atoms with Gasteiger partial charge < -0.3 is 10.3 Å². The Morgan fingerprint density at radius 2 is 2.21 bits per heavy atom. The van der Waals surface area contributed by atoms with Crippen LogP contribution in [-0.2, 0) is 21.7 Å². The van der Waals surface area contributed by atoms with E-state index in [1.54, 1.807) is 25.7 Å². The summed E-state index contributed by atoms with van der Waals surface area (Å²) in [5, 5.41) is 6.06. The van der Waals surface area contributed by atoms with Gasteiger partial charge in [-0.2, -0.15) is 4.98 Å². The van der Waals surface area contributed by atoms with Crippen molar-refractivity contribution in [3.63, 3.8) is 0 Å². The first kappa shape index (κ1) is 13.6. The number of piperazine rings is 1. The van der Waals surface area contributed by atoms with Crippen LogP contribution in [-0.4, -0.2) is 39.4 Å². The monoisotopic (exact) mass is 267 g/mol. The van der Waals surface area contributed by atoms with Crippen LogP contribution in [0.2, 0.25) is 0 Å². The van der Waals surface area contributed by atoms with Crippen molar-refractivity contribution >= 4 is 11.8 Å². The molecule has 1 aromatic rings. The summed E-state index contributed by atoms with van der Waals surface area (Å²) in [6.45, 7) is 5.61. The molecular weight excluding hydrogens is 250 g/mol. The molecule has 2 rings (SSSR count). The molecule has 0 saturated carbocycles. The largest absolute Gasteiger partial charge is 0.338 e. The number of rotatable bonds is 3. The van der Waals surface area contributed by atoms with Gasteiger partial charge in [-0.1, -0.05) is 5.16 Å². The smallest absolute Gasteiger partial charge is 0.243 e. The number of aromatic nitrogens is 2. The van der Waals surface area contributed by atoms with Gasteiger partial charge in [0.15, 0.2) is 5.82 Å². The maximum atomic E-state index is 11.5. The molecule has 0 spiro atoms. The van der Waals surface area contributed by atoms with E-state index >= 15 is 0 Å². The summed E-state index contributed by atoms with van der Waals surface area (Å²) in [6, 6.07) is -0.418. The molecule has 2 amide bonds. The molecule has 104 valence electrons. The Hall–Kier alpha value is -1.80. The first-order valence-electron chi connectivity index (χ1n) is 5.97. The quantitative estimate of drug-likeness (QED) is 0.683. The molecule has 2 heterocycles. The van der Waals surface area contributed by atoms with Crippen LogP contribution in [0.3, 0.4) is 0 Å². The zero-order valence-electron chi connectivity index (χ0n) is 11.1. The summed E-state index contributed by atoms with van der Waals surface area (Å²) in [7, 11) is 0. The lowest BCUT2D eigenvalue weighted by molar-refractivity contribution is -0.140. The van der Waals surface area contributed by atoms with Gasteiger partial charge in [-0.25, -0.2) is 0 Å². The molecule has 1 aliphatic rings. The molecule has 0 radical (unpaired) electrons. The van der Waals surface area contributed by atoms with Crippen LogP contribution in [0, 0.1) is 0 Å². The maximum absolute atomic E-state index is 11.5. The summed E-state index contributed by atoms with van der Waals surface area (Å²) in [4.78, 5) is 28.7. The second kappa shape index (κ2) is 4.71. The van der Waals surface area contributed by atoms with E-state index in [2.05, 4.69) is 15.5 Å². The van der Waals surface area contributed by atoms with E-state index in [9.17, 15) is 9.59 Å². The normalized spacial score (nSPS) is 21.6. The molecule has 1 saturated heterocycles. The van der Waals surface area contributed by atoms with Crippen LogP contribution < -0.4 is 11.1 Å². The van der Waals surface area contributed by atoms with Crippen LogP contribution in [0.1, 0.15) is 32.5 Å². The second-order valence-electron chi connectivity index (χ2n) is 5.23. The van der Waals surface area contributed by atoms with E-state index in [1.807, 2.05) is 0 Å². The summed E-state index contributed by atoms with van der Waals surface area (Å²) in [5.41, 5.74) is 5.17. The van der Waals surface area contributed by atoms with Crippen LogP contribution in [0.4, 0.5) is 0 Å². The molecule has 1 aromatic heterocycles. The van der Waals surface area contributed by atoms with Gasteiger partial charge in [0.25, 0.3) is 0 Å². The Balaban J connectivity index is 2.10. The zero-order valence-corrected chi connectivity index (χ0v) is 11.1. The lowest BCUT2D eigenvalue weighted by Gasteiger charge is -2.30. The number of nitrogens with two attached hydrogens (primary N) is 1. The van der Waals surface area contributed by atoms with Crippen LogP contribution in [0.5, 0.6) is 0 Å². The predicted octanol–water partition coefficient (Wildman–Crippen LogP) is -0.890. The van der Waals surface area contributed by atoms with Gasteiger partial charge in [-0.3, -0.25) is 19.8 Å². The molecule has 0 bridgehead atoms. The van der Waals surface area contributed by atoms with E-state index in [0.717, 1.165) is 0 Å². The molecule has 0 aromatic carbocycles. The van der Waals surface area contributed by atoms with Gasteiger partial charge >= 0.3 is 0 Å². The predicted molar refractivity (Wildman–Crippen MR) is 64.5 cm³/mol. The van der Waals surface area contributed by atoms with Crippen molar-refractivity contribution < 1.29 is 14.1 Å². The first-order valence-corrected chi connectivity index (χ1v) is 5.97. The molecule has 1 unspecified atom stereocenters. The molecular formula is C11H17N5O3. The van der Waals surface area contributed by atoms with Crippen LogP contribution in [0.25, 0.3) is 0 Å². The Morgan fingerprint density at radius 1 is 1.53 bits per heavy atom. The Kier molecular flexibility index (Phi) is 3.38. The van der Waals surface area contributed by atoms with Crippen molar-refractivity contribution in [1.82, 2.24) is 20.4 Å². The van der Waals surface area contributed by atoms with Crippen molar-refractivity contribution in [2.24, 2.45) is 5.73 Å². The van der Waals surface area contributed by atoms with Gasteiger partial charge in [-0.15, -0.1) is 0 Å². The Morgan fingerprint density at radius 3 is 2.79 bits per heavy atom. The molecule has 8 heteroatoms. The molecule has 1 aliphatic heterocycles. The highest BCUT2D eigenvalue weighted by molar-refractivity contribution is 6.00. The summed E-state index contributed by atoms with van der Waals surface area (Å²) < 4.78 is 5.09. The fraction of sp³-hybridized carbons (Fsp3) is 0.636. The van der Waals surface area contributed by atoms with E-state index in [0.29, 0.717) is 11.7 Å². The SMILES string of the molecule is CC1C(=O)NC(=O)CN1Cc1nc(C(C)(C)N)no1. The first-order chi connectivity index (χ1) is 8.77. The topological polar surface area (TPSA) is 114 Å². The van der Waals surface area contributed by atoms with E-state index in [4.69, 9.17) is 10.3 Å². The van der Waals surface area contributed by atoms with E-state index in [-0.39, 0.29) is 24.9 Å². The molecule has 3 N–H and O–H groups in total.